The van der Waals surface area contributed by atoms with E-state index in [9.17, 15) is 5.11 Å². The number of imidazole rings is 1. The second kappa shape index (κ2) is 7.99. The van der Waals surface area contributed by atoms with Crippen molar-refractivity contribution in [3.05, 3.63) is 47.6 Å². The van der Waals surface area contributed by atoms with Crippen LogP contribution in [-0.4, -0.2) is 34.0 Å². The van der Waals surface area contributed by atoms with E-state index in [2.05, 4.69) is 20.6 Å². The third-order valence-corrected chi connectivity index (χ3v) is 4.23. The van der Waals surface area contributed by atoms with Crippen LogP contribution < -0.4 is 10.6 Å². The lowest BCUT2D eigenvalue weighted by Gasteiger charge is -2.22. The third kappa shape index (κ3) is 4.28. The monoisotopic (exact) mass is 461 g/mol. The molecule has 3 aromatic heterocycles. The number of nitrogens with one attached hydrogen (secondary N) is 2. The molecule has 130 valence electrons. The molecule has 0 saturated heterocycles. The Morgan fingerprint density at radius 3 is 3.00 bits per heavy atom. The summed E-state index contributed by atoms with van der Waals surface area (Å²) in [5.41, 5.74) is -0.185. The predicted octanol–water partition coefficient (Wildman–Crippen LogP) is 2.18. The topological polar surface area (TPSA) is 87.1 Å². The zero-order chi connectivity index (χ0) is 16.3. The van der Waals surface area contributed by atoms with Crippen LogP contribution in [0, 0.1) is 0 Å². The summed E-state index contributed by atoms with van der Waals surface area (Å²) >= 11 is 1.59. The van der Waals surface area contributed by atoms with Crippen LogP contribution in [0.5, 0.6) is 0 Å². The molecule has 7 nitrogen and oxygen atoms in total. The molecule has 3 N–H and O–H groups in total. The lowest BCUT2D eigenvalue weighted by atomic mass is 10.0. The molecule has 0 saturated carbocycles. The van der Waals surface area contributed by atoms with Crippen LogP contribution in [0.15, 0.2) is 45.6 Å². The Morgan fingerprint density at radius 1 is 1.50 bits per heavy atom. The fourth-order valence-electron chi connectivity index (χ4n) is 2.18. The van der Waals surface area contributed by atoms with Gasteiger partial charge >= 0.3 is 0 Å². The van der Waals surface area contributed by atoms with Gasteiger partial charge in [0.1, 0.15) is 11.4 Å². The van der Waals surface area contributed by atoms with Crippen molar-refractivity contribution < 1.29 is 9.52 Å². The van der Waals surface area contributed by atoms with Gasteiger partial charge in [-0.3, -0.25) is 9.39 Å². The number of thiazole rings is 1. The van der Waals surface area contributed by atoms with Gasteiger partial charge in [-0.15, -0.1) is 35.3 Å². The quantitative estimate of drug-likeness (QED) is 0.308. The standard InChI is InChI=1S/C15H19N5O2S.HI/c1-15(21,12-4-3-6-22-12)10-18-13(16-2)17-8-11-9-20-5-7-23-14(20)19-11;/h3-7,9,21H,8,10H2,1-2H3,(H2,16,17,18);1H. The van der Waals surface area contributed by atoms with Crippen LogP contribution in [0.4, 0.5) is 0 Å². The molecule has 0 spiro atoms. The van der Waals surface area contributed by atoms with Crippen LogP contribution in [0.1, 0.15) is 18.4 Å². The number of guanidine groups is 1. The van der Waals surface area contributed by atoms with E-state index in [4.69, 9.17) is 4.42 Å². The van der Waals surface area contributed by atoms with Crippen LogP contribution in [0.3, 0.4) is 0 Å². The van der Waals surface area contributed by atoms with E-state index in [1.165, 1.54) is 0 Å². The number of furan rings is 1. The van der Waals surface area contributed by atoms with Crippen molar-refractivity contribution in [1.29, 1.82) is 0 Å². The van der Waals surface area contributed by atoms with E-state index >= 15 is 0 Å². The van der Waals surface area contributed by atoms with Crippen molar-refractivity contribution in [2.45, 2.75) is 19.1 Å². The van der Waals surface area contributed by atoms with Gasteiger partial charge in [0.25, 0.3) is 0 Å². The van der Waals surface area contributed by atoms with Gasteiger partial charge in [-0.2, -0.15) is 0 Å². The average molecular weight is 461 g/mol. The lowest BCUT2D eigenvalue weighted by molar-refractivity contribution is 0.0386. The van der Waals surface area contributed by atoms with Crippen LogP contribution in [0.2, 0.25) is 0 Å². The Balaban J connectivity index is 0.00000208. The van der Waals surface area contributed by atoms with Gasteiger partial charge < -0.3 is 20.2 Å². The summed E-state index contributed by atoms with van der Waals surface area (Å²) in [5, 5.41) is 18.7. The van der Waals surface area contributed by atoms with Gasteiger partial charge in [0.15, 0.2) is 10.9 Å². The minimum absolute atomic E-state index is 0. The molecule has 0 aliphatic carbocycles. The van der Waals surface area contributed by atoms with Gasteiger partial charge in [0.05, 0.1) is 25.0 Å². The Hall–Kier alpha value is -1.59. The SMILES string of the molecule is CN=C(NCc1cn2ccsc2n1)NCC(C)(O)c1ccco1.I. The first-order valence-electron chi connectivity index (χ1n) is 7.20. The highest BCUT2D eigenvalue weighted by Crippen LogP contribution is 2.19. The van der Waals surface area contributed by atoms with Crippen molar-refractivity contribution in [1.82, 2.24) is 20.0 Å². The summed E-state index contributed by atoms with van der Waals surface area (Å²) in [6.45, 7) is 2.52. The van der Waals surface area contributed by atoms with Gasteiger partial charge in [0, 0.05) is 24.8 Å². The first kappa shape index (κ1) is 18.7. The number of aliphatic imine (C=N–C) groups is 1. The maximum atomic E-state index is 10.4. The molecule has 0 aliphatic heterocycles. The molecule has 0 fully saturated rings. The first-order chi connectivity index (χ1) is 11.1. The maximum Gasteiger partial charge on any atom is 0.193 e. The van der Waals surface area contributed by atoms with Crippen molar-refractivity contribution in [3.8, 4) is 0 Å². The minimum atomic E-state index is -1.11. The van der Waals surface area contributed by atoms with Gasteiger partial charge in [0.2, 0.25) is 0 Å². The number of fused-ring (bicyclic) bond motifs is 1. The molecular formula is C15H20IN5O2S. The minimum Gasteiger partial charge on any atom is -0.466 e. The Morgan fingerprint density at radius 2 is 2.33 bits per heavy atom. The molecule has 3 aromatic rings. The van der Waals surface area contributed by atoms with Gasteiger partial charge in [-0.1, -0.05) is 0 Å². The molecule has 9 heteroatoms. The van der Waals surface area contributed by atoms with Crippen molar-refractivity contribution >= 4 is 46.2 Å². The molecule has 0 radical (unpaired) electrons. The molecule has 3 rings (SSSR count). The number of aromatic nitrogens is 2. The predicted molar refractivity (Wildman–Crippen MR) is 105 cm³/mol. The summed E-state index contributed by atoms with van der Waals surface area (Å²) in [7, 11) is 1.68. The number of aliphatic hydroxyl groups is 1. The normalized spacial score (nSPS) is 14.2. The van der Waals surface area contributed by atoms with E-state index in [1.54, 1.807) is 43.7 Å². The largest absolute Gasteiger partial charge is 0.466 e. The highest BCUT2D eigenvalue weighted by Gasteiger charge is 2.26. The summed E-state index contributed by atoms with van der Waals surface area (Å²) in [6, 6.07) is 3.50. The molecule has 1 unspecified atom stereocenters. The van der Waals surface area contributed by atoms with Gasteiger partial charge in [-0.25, -0.2) is 4.98 Å². The van der Waals surface area contributed by atoms with Crippen LogP contribution >= 0.6 is 35.3 Å². The molecule has 3 heterocycles. The van der Waals surface area contributed by atoms with Crippen molar-refractivity contribution in [3.63, 3.8) is 0 Å². The fraction of sp³-hybridized carbons (Fsp3) is 0.333. The highest BCUT2D eigenvalue weighted by atomic mass is 127. The first-order valence-corrected chi connectivity index (χ1v) is 8.08. The van der Waals surface area contributed by atoms with Crippen LogP contribution in [0.25, 0.3) is 4.96 Å². The molecule has 0 aromatic carbocycles. The van der Waals surface area contributed by atoms with Gasteiger partial charge in [-0.05, 0) is 19.1 Å². The zero-order valence-electron chi connectivity index (χ0n) is 13.4. The molecule has 0 amide bonds. The lowest BCUT2D eigenvalue weighted by Crippen LogP contribution is -2.44. The Labute approximate surface area is 160 Å². The van der Waals surface area contributed by atoms with E-state index in [-0.39, 0.29) is 30.5 Å². The summed E-state index contributed by atoms with van der Waals surface area (Å²) in [5.74, 6) is 1.10. The summed E-state index contributed by atoms with van der Waals surface area (Å²) in [6.07, 6.45) is 5.50. The summed E-state index contributed by atoms with van der Waals surface area (Å²) < 4.78 is 7.24. The molecular weight excluding hydrogens is 441 g/mol. The van der Waals surface area contributed by atoms with E-state index in [0.717, 1.165) is 10.7 Å². The Bertz CT molecular complexity index is 765. The van der Waals surface area contributed by atoms with Crippen LogP contribution in [-0.2, 0) is 12.1 Å². The average Bonchev–Trinajstić information content (AvgIpc) is 3.24. The maximum absolute atomic E-state index is 10.4. The Kier molecular flexibility index (Phi) is 6.24. The van der Waals surface area contributed by atoms with Crippen molar-refractivity contribution in [2.24, 2.45) is 4.99 Å². The molecule has 0 bridgehead atoms. The molecule has 1 atom stereocenters. The van der Waals surface area contributed by atoms with Crippen molar-refractivity contribution in [2.75, 3.05) is 13.6 Å². The third-order valence-electron chi connectivity index (χ3n) is 3.46. The second-order valence-electron chi connectivity index (χ2n) is 5.36. The summed E-state index contributed by atoms with van der Waals surface area (Å²) in [4.78, 5) is 9.61. The van der Waals surface area contributed by atoms with E-state index < -0.39 is 5.60 Å². The number of hydrogen-bond acceptors (Lipinski definition) is 5. The molecule has 0 aliphatic rings. The zero-order valence-corrected chi connectivity index (χ0v) is 16.5. The number of halogens is 1. The fourth-order valence-corrected chi connectivity index (χ4v) is 2.90. The number of nitrogens with zero attached hydrogens (tertiary/aromatic N) is 3. The number of hydrogen-bond donors (Lipinski definition) is 3. The molecule has 24 heavy (non-hydrogen) atoms. The van der Waals surface area contributed by atoms with E-state index in [0.29, 0.717) is 18.3 Å². The number of rotatable bonds is 5. The van der Waals surface area contributed by atoms with E-state index in [1.807, 2.05) is 22.2 Å². The smallest absolute Gasteiger partial charge is 0.193 e. The highest BCUT2D eigenvalue weighted by molar-refractivity contribution is 14.0. The second-order valence-corrected chi connectivity index (χ2v) is 6.23.